The SMILES string of the molecule is CCOCC(Cc1c[nH]c2ccccc12)c1c(C(N)=O)sc2cc(N3CCN(C)CC3)ccc12. The predicted octanol–water partition coefficient (Wildman–Crippen LogP) is 4.60. The Morgan fingerprint density at radius 3 is 2.71 bits per heavy atom. The Balaban J connectivity index is 1.55. The Morgan fingerprint density at radius 2 is 1.94 bits per heavy atom. The number of carbonyl (C=O) groups is 1. The van der Waals surface area contributed by atoms with Crippen LogP contribution in [0.25, 0.3) is 21.0 Å². The molecule has 7 heteroatoms. The van der Waals surface area contributed by atoms with Crippen molar-refractivity contribution in [2.75, 3.05) is 51.3 Å². The average Bonchev–Trinajstić information content (AvgIpc) is 3.43. The minimum atomic E-state index is -0.363. The van der Waals surface area contributed by atoms with E-state index in [1.54, 1.807) is 0 Å². The Kier molecular flexibility index (Phi) is 6.59. The summed E-state index contributed by atoms with van der Waals surface area (Å²) in [4.78, 5) is 21.4. The predicted molar refractivity (Wildman–Crippen MR) is 141 cm³/mol. The molecular weight excluding hydrogens is 444 g/mol. The normalized spacial score (nSPS) is 15.9. The summed E-state index contributed by atoms with van der Waals surface area (Å²) in [5.41, 5.74) is 10.5. The van der Waals surface area contributed by atoms with E-state index in [0.29, 0.717) is 18.1 Å². The van der Waals surface area contributed by atoms with E-state index in [1.807, 2.05) is 13.0 Å². The maximum atomic E-state index is 12.6. The van der Waals surface area contributed by atoms with Crippen molar-refractivity contribution in [1.29, 1.82) is 0 Å². The number of hydrogen-bond donors (Lipinski definition) is 2. The fourth-order valence-electron chi connectivity index (χ4n) is 5.03. The molecule has 1 fully saturated rings. The number of rotatable bonds is 8. The molecule has 1 atom stereocenters. The number of piperazine rings is 1. The first-order chi connectivity index (χ1) is 16.5. The largest absolute Gasteiger partial charge is 0.381 e. The van der Waals surface area contributed by atoms with Crippen LogP contribution in [0, 0.1) is 0 Å². The minimum absolute atomic E-state index is 0.0323. The van der Waals surface area contributed by atoms with E-state index in [-0.39, 0.29) is 11.8 Å². The van der Waals surface area contributed by atoms with E-state index < -0.39 is 0 Å². The minimum Gasteiger partial charge on any atom is -0.381 e. The number of amides is 1. The van der Waals surface area contributed by atoms with Crippen molar-refractivity contribution in [3.8, 4) is 0 Å². The van der Waals surface area contributed by atoms with Gasteiger partial charge in [-0.25, -0.2) is 0 Å². The summed E-state index contributed by atoms with van der Waals surface area (Å²) in [5, 5.41) is 2.32. The molecule has 1 aliphatic heterocycles. The Labute approximate surface area is 204 Å². The van der Waals surface area contributed by atoms with Crippen LogP contribution in [-0.2, 0) is 11.2 Å². The Hall–Kier alpha value is -2.87. The molecule has 178 valence electrons. The highest BCUT2D eigenvalue weighted by Crippen LogP contribution is 2.40. The smallest absolute Gasteiger partial charge is 0.259 e. The van der Waals surface area contributed by atoms with E-state index in [0.717, 1.165) is 53.8 Å². The number of aromatic amines is 1. The number of benzene rings is 2. The summed E-state index contributed by atoms with van der Waals surface area (Å²) < 4.78 is 7.03. The second-order valence-electron chi connectivity index (χ2n) is 9.10. The lowest BCUT2D eigenvalue weighted by molar-refractivity contribution is 0.100. The highest BCUT2D eigenvalue weighted by Gasteiger charge is 2.26. The first-order valence-corrected chi connectivity index (χ1v) is 12.8. The molecule has 0 bridgehead atoms. The van der Waals surface area contributed by atoms with Crippen LogP contribution >= 0.6 is 11.3 Å². The number of primary amides is 1. The fourth-order valence-corrected chi connectivity index (χ4v) is 6.20. The molecule has 5 rings (SSSR count). The van der Waals surface area contributed by atoms with Crippen LogP contribution in [-0.4, -0.2) is 62.2 Å². The van der Waals surface area contributed by atoms with Crippen LogP contribution in [0.2, 0.25) is 0 Å². The molecule has 2 aromatic carbocycles. The van der Waals surface area contributed by atoms with Crippen molar-refractivity contribution in [1.82, 2.24) is 9.88 Å². The molecule has 3 N–H and O–H groups in total. The van der Waals surface area contributed by atoms with Gasteiger partial charge in [-0.15, -0.1) is 11.3 Å². The van der Waals surface area contributed by atoms with Crippen LogP contribution in [0.4, 0.5) is 5.69 Å². The number of thiophene rings is 1. The van der Waals surface area contributed by atoms with Crippen LogP contribution in [0.3, 0.4) is 0 Å². The molecule has 4 aromatic rings. The average molecular weight is 477 g/mol. The van der Waals surface area contributed by atoms with Gasteiger partial charge in [0.05, 0.1) is 11.5 Å². The summed E-state index contributed by atoms with van der Waals surface area (Å²) >= 11 is 1.51. The monoisotopic (exact) mass is 476 g/mol. The number of para-hydroxylation sites is 1. The summed E-state index contributed by atoms with van der Waals surface area (Å²) in [6.45, 7) is 7.32. The van der Waals surface area contributed by atoms with Gasteiger partial charge in [0, 0.05) is 66.2 Å². The maximum Gasteiger partial charge on any atom is 0.259 e. The molecule has 2 aromatic heterocycles. The lowest BCUT2D eigenvalue weighted by Gasteiger charge is -2.34. The molecule has 1 aliphatic rings. The number of likely N-dealkylation sites (N-methyl/N-ethyl adjacent to an activating group) is 1. The Bertz CT molecular complexity index is 1300. The summed E-state index contributed by atoms with van der Waals surface area (Å²) in [6, 6.07) is 14.9. The number of aromatic nitrogens is 1. The van der Waals surface area contributed by atoms with E-state index in [4.69, 9.17) is 10.5 Å². The second kappa shape index (κ2) is 9.78. The maximum absolute atomic E-state index is 12.6. The Morgan fingerprint density at radius 1 is 1.15 bits per heavy atom. The molecule has 1 saturated heterocycles. The van der Waals surface area contributed by atoms with Crippen molar-refractivity contribution < 1.29 is 9.53 Å². The highest BCUT2D eigenvalue weighted by atomic mass is 32.1. The van der Waals surface area contributed by atoms with Crippen LogP contribution in [0.1, 0.15) is 33.6 Å². The summed E-state index contributed by atoms with van der Waals surface area (Å²) in [6.07, 6.45) is 2.85. The second-order valence-corrected chi connectivity index (χ2v) is 10.2. The number of anilines is 1. The first-order valence-electron chi connectivity index (χ1n) is 12.0. The molecular formula is C27H32N4O2S. The van der Waals surface area contributed by atoms with E-state index in [9.17, 15) is 4.79 Å². The van der Waals surface area contributed by atoms with Gasteiger partial charge < -0.3 is 25.3 Å². The molecule has 34 heavy (non-hydrogen) atoms. The number of nitrogens with one attached hydrogen (secondary N) is 1. The molecule has 1 unspecified atom stereocenters. The van der Waals surface area contributed by atoms with Crippen molar-refractivity contribution in [3.63, 3.8) is 0 Å². The van der Waals surface area contributed by atoms with Gasteiger partial charge in [0.1, 0.15) is 0 Å². The standard InChI is InChI=1S/C27H32N4O2S/c1-3-33-17-19(14-18-16-29-23-7-5-4-6-21(18)23)25-22-9-8-20(31-12-10-30(2)11-13-31)15-24(22)34-26(25)27(28)32/h4-9,15-16,19,29H,3,10-14,17H2,1-2H3,(H2,28,32). The van der Waals surface area contributed by atoms with Gasteiger partial charge in [-0.05, 0) is 55.1 Å². The molecule has 3 heterocycles. The number of fused-ring (bicyclic) bond motifs is 2. The molecule has 0 saturated carbocycles. The van der Waals surface area contributed by atoms with Gasteiger partial charge in [0.2, 0.25) is 0 Å². The number of carbonyl (C=O) groups excluding carboxylic acids is 1. The number of nitrogens with two attached hydrogens (primary N) is 1. The van der Waals surface area contributed by atoms with Crippen molar-refractivity contribution in [2.24, 2.45) is 5.73 Å². The van der Waals surface area contributed by atoms with Crippen LogP contribution in [0.15, 0.2) is 48.7 Å². The quantitative estimate of drug-likeness (QED) is 0.390. The van der Waals surface area contributed by atoms with E-state index >= 15 is 0 Å². The van der Waals surface area contributed by atoms with Crippen molar-refractivity contribution in [3.05, 3.63) is 64.7 Å². The summed E-state index contributed by atoms with van der Waals surface area (Å²) in [5.74, 6) is -0.331. The van der Waals surface area contributed by atoms with Gasteiger partial charge in [-0.2, -0.15) is 0 Å². The van der Waals surface area contributed by atoms with Gasteiger partial charge >= 0.3 is 0 Å². The highest BCUT2D eigenvalue weighted by molar-refractivity contribution is 7.21. The number of ether oxygens (including phenoxy) is 1. The van der Waals surface area contributed by atoms with Gasteiger partial charge in [-0.1, -0.05) is 24.3 Å². The zero-order valence-corrected chi connectivity index (χ0v) is 20.7. The molecule has 0 aliphatic carbocycles. The molecule has 1 amide bonds. The third-order valence-electron chi connectivity index (χ3n) is 6.88. The zero-order valence-electron chi connectivity index (χ0n) is 19.8. The molecule has 0 spiro atoms. The van der Waals surface area contributed by atoms with Gasteiger partial charge in [-0.3, -0.25) is 4.79 Å². The number of nitrogens with zero attached hydrogens (tertiary/aromatic N) is 2. The van der Waals surface area contributed by atoms with E-state index in [1.165, 1.54) is 28.0 Å². The first kappa shape index (κ1) is 22.9. The summed E-state index contributed by atoms with van der Waals surface area (Å²) in [7, 11) is 2.16. The third-order valence-corrected chi connectivity index (χ3v) is 8.06. The number of H-pyrrole nitrogens is 1. The fraction of sp³-hybridized carbons (Fsp3) is 0.370. The topological polar surface area (TPSA) is 74.6 Å². The molecule has 0 radical (unpaired) electrons. The van der Waals surface area contributed by atoms with Crippen molar-refractivity contribution >= 4 is 43.9 Å². The molecule has 6 nitrogen and oxygen atoms in total. The number of hydrogen-bond acceptors (Lipinski definition) is 5. The van der Waals surface area contributed by atoms with Crippen LogP contribution in [0.5, 0.6) is 0 Å². The third kappa shape index (κ3) is 4.43. The lowest BCUT2D eigenvalue weighted by Crippen LogP contribution is -2.44. The van der Waals surface area contributed by atoms with Crippen molar-refractivity contribution in [2.45, 2.75) is 19.3 Å². The zero-order chi connectivity index (χ0) is 23.7. The lowest BCUT2D eigenvalue weighted by atomic mass is 9.90. The van der Waals surface area contributed by atoms with Crippen LogP contribution < -0.4 is 10.6 Å². The van der Waals surface area contributed by atoms with E-state index in [2.05, 4.69) is 64.4 Å². The van der Waals surface area contributed by atoms with Gasteiger partial charge in [0.15, 0.2) is 0 Å². The van der Waals surface area contributed by atoms with Gasteiger partial charge in [0.25, 0.3) is 5.91 Å².